The first-order valence-electron chi connectivity index (χ1n) is 8.34. The van der Waals surface area contributed by atoms with Gasteiger partial charge in [-0.3, -0.25) is 9.78 Å². The number of nitriles is 1. The molecule has 6 nitrogen and oxygen atoms in total. The van der Waals surface area contributed by atoms with Crippen molar-refractivity contribution in [3.8, 4) is 6.07 Å². The maximum absolute atomic E-state index is 12.0. The van der Waals surface area contributed by atoms with E-state index in [4.69, 9.17) is 5.26 Å². The van der Waals surface area contributed by atoms with Crippen LogP contribution in [-0.2, 0) is 11.2 Å². The van der Waals surface area contributed by atoms with E-state index in [-0.39, 0.29) is 18.2 Å². The number of pyridine rings is 1. The van der Waals surface area contributed by atoms with Gasteiger partial charge in [0.2, 0.25) is 5.91 Å². The molecular formula is C18H21N5O. The van der Waals surface area contributed by atoms with Crippen molar-refractivity contribution in [2.45, 2.75) is 32.1 Å². The fourth-order valence-corrected chi connectivity index (χ4v) is 3.03. The molecule has 1 saturated heterocycles. The number of carbonyl (C=O) groups excluding carboxylic acids is 1. The lowest BCUT2D eigenvalue weighted by Gasteiger charge is -2.33. The predicted molar refractivity (Wildman–Crippen MR) is 90.7 cm³/mol. The third-order valence-corrected chi connectivity index (χ3v) is 4.42. The molecule has 0 aromatic carbocycles. The summed E-state index contributed by atoms with van der Waals surface area (Å²) in [6, 6.07) is 7.89. The monoisotopic (exact) mass is 323 g/mol. The van der Waals surface area contributed by atoms with Crippen LogP contribution in [0.3, 0.4) is 0 Å². The smallest absolute Gasteiger partial charge is 0.231 e. The molecule has 2 aliphatic heterocycles. The third kappa shape index (κ3) is 4.19. The first kappa shape index (κ1) is 16.2. The van der Waals surface area contributed by atoms with Crippen LogP contribution < -0.4 is 5.32 Å². The standard InChI is InChI=1S/C18H21N5O/c19-12-14-6-9-23(10-7-14)16-4-5-17(21-13-16)22-18(24)11-15-3-1-2-8-20-15/h1-3,8,13-14H,4-7,9-11H2,(H,21,22,24). The number of hydrogen-bond acceptors (Lipinski definition) is 5. The maximum atomic E-state index is 12.0. The SMILES string of the molecule is N#CC1CCN(C2=CN=C(NC(=O)Cc3ccccn3)CC2)CC1. The van der Waals surface area contributed by atoms with Gasteiger partial charge < -0.3 is 10.2 Å². The summed E-state index contributed by atoms with van der Waals surface area (Å²) in [5.74, 6) is 0.820. The minimum absolute atomic E-state index is 0.0841. The number of aliphatic imine (C=N–C) groups is 1. The zero-order chi connectivity index (χ0) is 16.8. The number of likely N-dealkylation sites (tertiary alicyclic amines) is 1. The van der Waals surface area contributed by atoms with Crippen LogP contribution in [0.15, 0.2) is 41.3 Å². The number of piperidine rings is 1. The van der Waals surface area contributed by atoms with Gasteiger partial charge in [0.25, 0.3) is 0 Å². The molecule has 1 amide bonds. The Morgan fingerprint density at radius 1 is 1.33 bits per heavy atom. The highest BCUT2D eigenvalue weighted by molar-refractivity contribution is 5.99. The van der Waals surface area contributed by atoms with E-state index in [1.165, 1.54) is 5.70 Å². The molecule has 3 heterocycles. The number of allylic oxidation sites excluding steroid dienone is 1. The van der Waals surface area contributed by atoms with Crippen molar-refractivity contribution in [2.24, 2.45) is 10.9 Å². The van der Waals surface area contributed by atoms with Crippen LogP contribution in [0, 0.1) is 17.2 Å². The maximum Gasteiger partial charge on any atom is 0.231 e. The molecule has 2 aliphatic rings. The zero-order valence-electron chi connectivity index (χ0n) is 13.6. The second-order valence-corrected chi connectivity index (χ2v) is 6.13. The highest BCUT2D eigenvalue weighted by atomic mass is 16.1. The number of aromatic nitrogens is 1. The average molecular weight is 323 g/mol. The zero-order valence-corrected chi connectivity index (χ0v) is 13.6. The topological polar surface area (TPSA) is 81.4 Å². The molecular weight excluding hydrogens is 302 g/mol. The summed E-state index contributed by atoms with van der Waals surface area (Å²) < 4.78 is 0. The molecule has 1 fully saturated rings. The number of amides is 1. The van der Waals surface area contributed by atoms with E-state index in [0.29, 0.717) is 5.84 Å². The Balaban J connectivity index is 1.52. The van der Waals surface area contributed by atoms with E-state index in [9.17, 15) is 4.79 Å². The first-order chi connectivity index (χ1) is 11.7. The van der Waals surface area contributed by atoms with Crippen LogP contribution >= 0.6 is 0 Å². The lowest BCUT2D eigenvalue weighted by atomic mass is 9.97. The van der Waals surface area contributed by atoms with Crippen molar-refractivity contribution in [1.82, 2.24) is 15.2 Å². The number of rotatable bonds is 3. The Kier molecular flexibility index (Phi) is 5.22. The molecule has 0 spiro atoms. The summed E-state index contributed by atoms with van der Waals surface area (Å²) in [6.45, 7) is 1.84. The highest BCUT2D eigenvalue weighted by Crippen LogP contribution is 2.23. The van der Waals surface area contributed by atoms with Gasteiger partial charge in [-0.15, -0.1) is 0 Å². The van der Waals surface area contributed by atoms with Crippen molar-refractivity contribution in [3.63, 3.8) is 0 Å². The molecule has 0 aliphatic carbocycles. The molecule has 0 radical (unpaired) electrons. The van der Waals surface area contributed by atoms with Crippen LogP contribution in [0.4, 0.5) is 0 Å². The number of carbonyl (C=O) groups is 1. The molecule has 1 aromatic heterocycles. The van der Waals surface area contributed by atoms with E-state index in [1.807, 2.05) is 24.4 Å². The van der Waals surface area contributed by atoms with Crippen LogP contribution in [-0.4, -0.2) is 34.7 Å². The summed E-state index contributed by atoms with van der Waals surface area (Å²) in [6.07, 6.45) is 7.25. The molecule has 0 unspecified atom stereocenters. The van der Waals surface area contributed by atoms with Crippen LogP contribution in [0.25, 0.3) is 0 Å². The predicted octanol–water partition coefficient (Wildman–Crippen LogP) is 2.01. The molecule has 0 saturated carbocycles. The fraction of sp³-hybridized carbons (Fsp3) is 0.444. The van der Waals surface area contributed by atoms with Crippen LogP contribution in [0.5, 0.6) is 0 Å². The molecule has 0 atom stereocenters. The second-order valence-electron chi connectivity index (χ2n) is 6.13. The Hall–Kier alpha value is -2.68. The van der Waals surface area contributed by atoms with Crippen molar-refractivity contribution in [1.29, 1.82) is 5.26 Å². The minimum Gasteiger partial charge on any atom is -0.373 e. The van der Waals surface area contributed by atoms with E-state index in [1.54, 1.807) is 6.20 Å². The molecule has 6 heteroatoms. The number of nitrogens with one attached hydrogen (secondary N) is 1. The van der Waals surface area contributed by atoms with Gasteiger partial charge in [0.15, 0.2) is 0 Å². The molecule has 1 aromatic rings. The highest BCUT2D eigenvalue weighted by Gasteiger charge is 2.22. The van der Waals surface area contributed by atoms with E-state index in [0.717, 1.165) is 44.5 Å². The summed E-state index contributed by atoms with van der Waals surface area (Å²) in [5.41, 5.74) is 1.96. The first-order valence-corrected chi connectivity index (χ1v) is 8.34. The van der Waals surface area contributed by atoms with Gasteiger partial charge in [0.05, 0.1) is 12.5 Å². The quantitative estimate of drug-likeness (QED) is 0.922. The number of hydrogen-bond donors (Lipinski definition) is 1. The van der Waals surface area contributed by atoms with Gasteiger partial charge >= 0.3 is 0 Å². The van der Waals surface area contributed by atoms with Crippen molar-refractivity contribution in [3.05, 3.63) is 42.0 Å². The van der Waals surface area contributed by atoms with Gasteiger partial charge in [0.1, 0.15) is 5.84 Å². The van der Waals surface area contributed by atoms with Crippen molar-refractivity contribution >= 4 is 11.7 Å². The Morgan fingerprint density at radius 3 is 2.79 bits per heavy atom. The number of nitrogens with zero attached hydrogens (tertiary/aromatic N) is 4. The average Bonchev–Trinajstić information content (AvgIpc) is 2.63. The van der Waals surface area contributed by atoms with Crippen LogP contribution in [0.2, 0.25) is 0 Å². The largest absolute Gasteiger partial charge is 0.373 e. The van der Waals surface area contributed by atoms with Gasteiger partial charge in [-0.2, -0.15) is 5.26 Å². The minimum atomic E-state index is -0.0841. The van der Waals surface area contributed by atoms with Gasteiger partial charge in [-0.25, -0.2) is 4.99 Å². The van der Waals surface area contributed by atoms with E-state index >= 15 is 0 Å². The van der Waals surface area contributed by atoms with E-state index < -0.39 is 0 Å². The molecule has 124 valence electrons. The lowest BCUT2D eigenvalue weighted by Crippen LogP contribution is -2.36. The Labute approximate surface area is 141 Å². The third-order valence-electron chi connectivity index (χ3n) is 4.42. The summed E-state index contributed by atoms with van der Waals surface area (Å²) in [4.78, 5) is 22.9. The normalized spacial score (nSPS) is 18.4. The van der Waals surface area contributed by atoms with Crippen LogP contribution in [0.1, 0.15) is 31.4 Å². The molecule has 24 heavy (non-hydrogen) atoms. The van der Waals surface area contributed by atoms with E-state index in [2.05, 4.69) is 26.3 Å². The summed E-state index contributed by atoms with van der Waals surface area (Å²) >= 11 is 0. The fourth-order valence-electron chi connectivity index (χ4n) is 3.03. The molecule has 0 bridgehead atoms. The molecule has 3 rings (SSSR count). The summed E-state index contributed by atoms with van der Waals surface area (Å²) in [5, 5.41) is 11.8. The van der Waals surface area contributed by atoms with Crippen molar-refractivity contribution < 1.29 is 4.79 Å². The van der Waals surface area contributed by atoms with Gasteiger partial charge in [-0.1, -0.05) is 6.07 Å². The van der Waals surface area contributed by atoms with Crippen molar-refractivity contribution in [2.75, 3.05) is 13.1 Å². The second kappa shape index (κ2) is 7.73. The Morgan fingerprint density at radius 2 is 2.17 bits per heavy atom. The molecule has 1 N–H and O–H groups in total. The Bertz CT molecular complexity index is 681. The number of amidine groups is 1. The lowest BCUT2D eigenvalue weighted by molar-refractivity contribution is -0.119. The van der Waals surface area contributed by atoms with Gasteiger partial charge in [-0.05, 0) is 31.4 Å². The van der Waals surface area contributed by atoms with Gasteiger partial charge in [0, 0.05) is 49.2 Å². The summed E-state index contributed by atoms with van der Waals surface area (Å²) in [7, 11) is 0.